The van der Waals surface area contributed by atoms with Crippen molar-refractivity contribution in [2.75, 3.05) is 4.90 Å². The lowest BCUT2D eigenvalue weighted by atomic mass is 10.1. The second-order valence-electron chi connectivity index (χ2n) is 6.05. The van der Waals surface area contributed by atoms with Crippen molar-refractivity contribution in [3.05, 3.63) is 64.8 Å². The van der Waals surface area contributed by atoms with Gasteiger partial charge in [0.25, 0.3) is 5.91 Å². The first-order valence-electron chi connectivity index (χ1n) is 7.72. The van der Waals surface area contributed by atoms with E-state index in [4.69, 9.17) is 11.6 Å². The predicted octanol–water partition coefficient (Wildman–Crippen LogP) is 4.04. The molecule has 5 heteroatoms. The Bertz CT molecular complexity index is 990. The summed E-state index contributed by atoms with van der Waals surface area (Å²) in [7, 11) is 0. The average molecular weight is 339 g/mol. The van der Waals surface area contributed by atoms with Crippen LogP contribution in [0.3, 0.4) is 0 Å². The Morgan fingerprint density at radius 3 is 2.79 bits per heavy atom. The highest BCUT2D eigenvalue weighted by atomic mass is 35.5. The van der Waals surface area contributed by atoms with E-state index in [1.54, 1.807) is 17.9 Å². The molecule has 4 nitrogen and oxygen atoms in total. The van der Waals surface area contributed by atoms with Crippen molar-refractivity contribution in [3.63, 3.8) is 0 Å². The molecule has 0 aliphatic carbocycles. The van der Waals surface area contributed by atoms with Crippen molar-refractivity contribution in [3.8, 4) is 0 Å². The third kappa shape index (κ3) is 2.31. The molecule has 120 valence electrons. The standard InChI is InChI=1S/C19H15ClN2O2/c1-12(23)10-21-8-7-13-5-6-15(9-17(13)21)22-11-14-3-2-4-16(20)18(14)19(22)24/h2-9H,10-11H2,1H3. The summed E-state index contributed by atoms with van der Waals surface area (Å²) in [5.74, 6) is 0.00830. The fraction of sp³-hybridized carbons (Fsp3) is 0.158. The van der Waals surface area contributed by atoms with Gasteiger partial charge in [0.05, 0.1) is 29.2 Å². The molecule has 0 fully saturated rings. The number of anilines is 1. The van der Waals surface area contributed by atoms with E-state index >= 15 is 0 Å². The van der Waals surface area contributed by atoms with Crippen LogP contribution in [-0.4, -0.2) is 16.3 Å². The molecule has 0 spiro atoms. The number of halogens is 1. The molecule has 4 rings (SSSR count). The number of carbonyl (C=O) groups is 2. The van der Waals surface area contributed by atoms with Gasteiger partial charge in [-0.15, -0.1) is 0 Å². The molecule has 1 aliphatic rings. The summed E-state index contributed by atoms with van der Waals surface area (Å²) < 4.78 is 1.90. The zero-order chi connectivity index (χ0) is 16.8. The number of benzene rings is 2. The number of hydrogen-bond donors (Lipinski definition) is 0. The molecule has 0 bridgehead atoms. The van der Waals surface area contributed by atoms with Crippen LogP contribution in [0.4, 0.5) is 5.69 Å². The minimum Gasteiger partial charge on any atom is -0.340 e. The van der Waals surface area contributed by atoms with Crippen molar-refractivity contribution in [1.29, 1.82) is 0 Å². The lowest BCUT2D eigenvalue weighted by Gasteiger charge is -2.16. The van der Waals surface area contributed by atoms with E-state index < -0.39 is 0 Å². The van der Waals surface area contributed by atoms with Gasteiger partial charge >= 0.3 is 0 Å². The van der Waals surface area contributed by atoms with Crippen LogP contribution < -0.4 is 4.90 Å². The van der Waals surface area contributed by atoms with E-state index in [2.05, 4.69) is 0 Å². The Morgan fingerprint density at radius 2 is 2.04 bits per heavy atom. The first-order valence-corrected chi connectivity index (χ1v) is 8.10. The minimum atomic E-state index is -0.0837. The zero-order valence-corrected chi connectivity index (χ0v) is 13.9. The number of fused-ring (bicyclic) bond motifs is 2. The number of carbonyl (C=O) groups excluding carboxylic acids is 2. The molecule has 24 heavy (non-hydrogen) atoms. The summed E-state index contributed by atoms with van der Waals surface area (Å²) in [6, 6.07) is 13.4. The van der Waals surface area contributed by atoms with E-state index in [0.717, 1.165) is 22.2 Å². The number of amides is 1. The third-order valence-electron chi connectivity index (χ3n) is 4.35. The Morgan fingerprint density at radius 1 is 1.21 bits per heavy atom. The Balaban J connectivity index is 1.77. The van der Waals surface area contributed by atoms with E-state index in [1.165, 1.54) is 0 Å². The predicted molar refractivity (Wildman–Crippen MR) is 94.6 cm³/mol. The molecule has 0 unspecified atom stereocenters. The molecule has 0 atom stereocenters. The zero-order valence-electron chi connectivity index (χ0n) is 13.1. The maximum absolute atomic E-state index is 12.7. The average Bonchev–Trinajstić information content (AvgIpc) is 3.09. The summed E-state index contributed by atoms with van der Waals surface area (Å²) in [5, 5.41) is 1.53. The molecule has 1 aliphatic heterocycles. The quantitative estimate of drug-likeness (QED) is 0.723. The molecular formula is C19H15ClN2O2. The van der Waals surface area contributed by atoms with E-state index in [1.807, 2.05) is 47.2 Å². The third-order valence-corrected chi connectivity index (χ3v) is 4.66. The SMILES string of the molecule is CC(=O)Cn1ccc2ccc(N3Cc4cccc(Cl)c4C3=O)cc21. The molecule has 0 saturated carbocycles. The van der Waals surface area contributed by atoms with Crippen molar-refractivity contribution < 1.29 is 9.59 Å². The van der Waals surface area contributed by atoms with Gasteiger partial charge in [0.1, 0.15) is 5.78 Å². The van der Waals surface area contributed by atoms with Crippen LogP contribution in [0.15, 0.2) is 48.7 Å². The molecule has 0 radical (unpaired) electrons. The highest BCUT2D eigenvalue weighted by Crippen LogP contribution is 2.33. The molecule has 2 heterocycles. The van der Waals surface area contributed by atoms with Crippen LogP contribution in [0.1, 0.15) is 22.8 Å². The monoisotopic (exact) mass is 338 g/mol. The van der Waals surface area contributed by atoms with Gasteiger partial charge in [0, 0.05) is 11.9 Å². The van der Waals surface area contributed by atoms with E-state index in [0.29, 0.717) is 23.7 Å². The normalized spacial score (nSPS) is 13.6. The van der Waals surface area contributed by atoms with Crippen molar-refractivity contribution in [1.82, 2.24) is 4.57 Å². The lowest BCUT2D eigenvalue weighted by molar-refractivity contribution is -0.117. The van der Waals surface area contributed by atoms with Gasteiger partial charge in [0.15, 0.2) is 0 Å². The van der Waals surface area contributed by atoms with Crippen LogP contribution in [-0.2, 0) is 17.9 Å². The molecule has 2 aromatic carbocycles. The summed E-state index contributed by atoms with van der Waals surface area (Å²) in [6.07, 6.45) is 1.90. The fourth-order valence-corrected chi connectivity index (χ4v) is 3.52. The summed E-state index contributed by atoms with van der Waals surface area (Å²) in [6.45, 7) is 2.40. The molecule has 1 amide bonds. The van der Waals surface area contributed by atoms with Gasteiger partial charge in [0.2, 0.25) is 0 Å². The second kappa shape index (κ2) is 5.49. The van der Waals surface area contributed by atoms with Gasteiger partial charge in [-0.2, -0.15) is 0 Å². The van der Waals surface area contributed by atoms with Crippen LogP contribution in [0.2, 0.25) is 5.02 Å². The first-order chi connectivity index (χ1) is 11.5. The number of ketones is 1. The maximum Gasteiger partial charge on any atom is 0.260 e. The molecule has 3 aromatic rings. The van der Waals surface area contributed by atoms with E-state index in [9.17, 15) is 9.59 Å². The topological polar surface area (TPSA) is 42.3 Å². The molecule has 1 aromatic heterocycles. The van der Waals surface area contributed by atoms with Crippen molar-refractivity contribution in [2.24, 2.45) is 0 Å². The van der Waals surface area contributed by atoms with Gasteiger partial charge in [-0.1, -0.05) is 29.8 Å². The van der Waals surface area contributed by atoms with Crippen LogP contribution in [0.25, 0.3) is 10.9 Å². The Kier molecular flexibility index (Phi) is 3.43. The maximum atomic E-state index is 12.7. The molecule has 0 saturated heterocycles. The fourth-order valence-electron chi connectivity index (χ4n) is 3.24. The number of nitrogens with zero attached hydrogens (tertiary/aromatic N) is 2. The van der Waals surface area contributed by atoms with Gasteiger partial charge in [-0.3, -0.25) is 9.59 Å². The van der Waals surface area contributed by atoms with Crippen molar-refractivity contribution >= 4 is 39.9 Å². The molecule has 0 N–H and O–H groups in total. The highest BCUT2D eigenvalue weighted by Gasteiger charge is 2.30. The second-order valence-corrected chi connectivity index (χ2v) is 6.46. The highest BCUT2D eigenvalue weighted by molar-refractivity contribution is 6.35. The van der Waals surface area contributed by atoms with Gasteiger partial charge in [-0.25, -0.2) is 0 Å². The lowest BCUT2D eigenvalue weighted by Crippen LogP contribution is -2.23. The number of rotatable bonds is 3. The first kappa shape index (κ1) is 15.0. The molecular weight excluding hydrogens is 324 g/mol. The van der Waals surface area contributed by atoms with Gasteiger partial charge < -0.3 is 9.47 Å². The van der Waals surface area contributed by atoms with E-state index in [-0.39, 0.29) is 11.7 Å². The summed E-state index contributed by atoms with van der Waals surface area (Å²) in [5.41, 5.74) is 3.27. The Hall–Kier alpha value is -2.59. The Labute approximate surface area is 144 Å². The van der Waals surface area contributed by atoms with Crippen LogP contribution in [0, 0.1) is 0 Å². The minimum absolute atomic E-state index is 0.0837. The smallest absolute Gasteiger partial charge is 0.260 e. The number of Topliss-reactive ketones (excluding diaryl/α,β-unsaturated/α-hetero) is 1. The number of hydrogen-bond acceptors (Lipinski definition) is 2. The summed E-state index contributed by atoms with van der Waals surface area (Å²) in [4.78, 5) is 25.9. The van der Waals surface area contributed by atoms with Crippen LogP contribution in [0.5, 0.6) is 0 Å². The van der Waals surface area contributed by atoms with Crippen LogP contribution >= 0.6 is 11.6 Å². The van der Waals surface area contributed by atoms with Gasteiger partial charge in [-0.05, 0) is 42.1 Å². The largest absolute Gasteiger partial charge is 0.340 e. The van der Waals surface area contributed by atoms with Crippen molar-refractivity contribution in [2.45, 2.75) is 20.0 Å². The number of aromatic nitrogens is 1. The summed E-state index contributed by atoms with van der Waals surface area (Å²) >= 11 is 6.19.